The smallest absolute Gasteiger partial charge is 0.124 e. The van der Waals surface area contributed by atoms with Gasteiger partial charge < -0.3 is 10.8 Å². The standard InChI is InChI=1S/C13H17NO/c14-13(7-2-8-13)11-6-5-9-3-1-4-10(9)12(11)15/h5-6,15H,1-4,7-8,14H2. The number of rotatable bonds is 1. The van der Waals surface area contributed by atoms with Gasteiger partial charge in [0.25, 0.3) is 0 Å². The molecule has 1 aromatic carbocycles. The zero-order valence-corrected chi connectivity index (χ0v) is 8.92. The van der Waals surface area contributed by atoms with E-state index in [0.717, 1.165) is 36.8 Å². The summed E-state index contributed by atoms with van der Waals surface area (Å²) in [5, 5.41) is 10.2. The molecule has 1 fully saturated rings. The Labute approximate surface area is 90.1 Å². The van der Waals surface area contributed by atoms with Crippen molar-refractivity contribution in [1.29, 1.82) is 0 Å². The first-order valence-corrected chi connectivity index (χ1v) is 5.84. The second-order valence-corrected chi connectivity index (χ2v) is 4.96. The molecule has 0 radical (unpaired) electrons. The van der Waals surface area contributed by atoms with Crippen molar-refractivity contribution >= 4 is 0 Å². The summed E-state index contributed by atoms with van der Waals surface area (Å²) in [6, 6.07) is 4.20. The molecule has 3 rings (SSSR count). The van der Waals surface area contributed by atoms with Gasteiger partial charge in [-0.1, -0.05) is 12.1 Å². The van der Waals surface area contributed by atoms with Crippen molar-refractivity contribution in [1.82, 2.24) is 0 Å². The minimum Gasteiger partial charge on any atom is -0.507 e. The van der Waals surface area contributed by atoms with Gasteiger partial charge in [-0.2, -0.15) is 0 Å². The molecule has 15 heavy (non-hydrogen) atoms. The molecule has 2 aliphatic rings. The molecule has 2 heteroatoms. The van der Waals surface area contributed by atoms with Crippen LogP contribution < -0.4 is 5.73 Å². The van der Waals surface area contributed by atoms with Crippen molar-refractivity contribution in [3.05, 3.63) is 28.8 Å². The van der Waals surface area contributed by atoms with Crippen LogP contribution in [0.4, 0.5) is 0 Å². The Bertz CT molecular complexity index is 407. The summed E-state index contributed by atoms with van der Waals surface area (Å²) in [6.45, 7) is 0. The van der Waals surface area contributed by atoms with Gasteiger partial charge in [0, 0.05) is 11.1 Å². The second kappa shape index (κ2) is 2.99. The Balaban J connectivity index is 2.10. The predicted molar refractivity (Wildman–Crippen MR) is 59.8 cm³/mol. The number of phenols is 1. The Morgan fingerprint density at radius 3 is 2.60 bits per heavy atom. The van der Waals surface area contributed by atoms with Gasteiger partial charge in [-0.05, 0) is 49.7 Å². The summed E-state index contributed by atoms with van der Waals surface area (Å²) in [5.74, 6) is 0.493. The number of hydrogen-bond donors (Lipinski definition) is 2. The first-order valence-electron chi connectivity index (χ1n) is 5.84. The van der Waals surface area contributed by atoms with E-state index in [-0.39, 0.29) is 5.54 Å². The van der Waals surface area contributed by atoms with E-state index in [1.807, 2.05) is 6.07 Å². The van der Waals surface area contributed by atoms with Crippen LogP contribution >= 0.6 is 0 Å². The molecule has 0 atom stereocenters. The number of benzene rings is 1. The summed E-state index contributed by atoms with van der Waals surface area (Å²) in [4.78, 5) is 0. The maximum atomic E-state index is 10.2. The molecular formula is C13H17NO. The molecule has 0 amide bonds. The zero-order valence-electron chi connectivity index (χ0n) is 8.92. The molecule has 80 valence electrons. The molecular weight excluding hydrogens is 186 g/mol. The minimum absolute atomic E-state index is 0.234. The van der Waals surface area contributed by atoms with Gasteiger partial charge in [0.1, 0.15) is 5.75 Å². The van der Waals surface area contributed by atoms with Crippen molar-refractivity contribution < 1.29 is 5.11 Å². The molecule has 0 saturated heterocycles. The largest absolute Gasteiger partial charge is 0.507 e. The highest BCUT2D eigenvalue weighted by molar-refractivity contribution is 5.51. The Hall–Kier alpha value is -1.02. The van der Waals surface area contributed by atoms with Gasteiger partial charge in [-0.15, -0.1) is 0 Å². The van der Waals surface area contributed by atoms with Crippen LogP contribution in [-0.2, 0) is 18.4 Å². The number of fused-ring (bicyclic) bond motifs is 1. The van der Waals surface area contributed by atoms with Crippen LogP contribution in [0.5, 0.6) is 5.75 Å². The van der Waals surface area contributed by atoms with E-state index in [0.29, 0.717) is 5.75 Å². The van der Waals surface area contributed by atoms with Crippen molar-refractivity contribution in [3.8, 4) is 5.75 Å². The molecule has 2 nitrogen and oxygen atoms in total. The normalized spacial score (nSPS) is 22.2. The van der Waals surface area contributed by atoms with Crippen molar-refractivity contribution in [2.24, 2.45) is 5.73 Å². The monoisotopic (exact) mass is 203 g/mol. The number of aromatic hydroxyl groups is 1. The summed E-state index contributed by atoms with van der Waals surface area (Å²) in [7, 11) is 0. The lowest BCUT2D eigenvalue weighted by atomic mass is 9.72. The molecule has 1 aromatic rings. The molecule has 0 spiro atoms. The molecule has 0 unspecified atom stereocenters. The molecule has 1 saturated carbocycles. The van der Waals surface area contributed by atoms with Gasteiger partial charge in [0.05, 0.1) is 0 Å². The lowest BCUT2D eigenvalue weighted by Gasteiger charge is -2.39. The summed E-state index contributed by atoms with van der Waals surface area (Å²) < 4.78 is 0. The zero-order chi connectivity index (χ0) is 10.5. The van der Waals surface area contributed by atoms with E-state index in [9.17, 15) is 5.11 Å². The quantitative estimate of drug-likeness (QED) is 0.735. The fourth-order valence-electron chi connectivity index (χ4n) is 2.88. The van der Waals surface area contributed by atoms with E-state index in [4.69, 9.17) is 5.73 Å². The van der Waals surface area contributed by atoms with Crippen LogP contribution in [-0.4, -0.2) is 5.11 Å². The SMILES string of the molecule is NC1(c2ccc3c(c2O)CCC3)CCC1. The fraction of sp³-hybridized carbons (Fsp3) is 0.538. The molecule has 0 aromatic heterocycles. The molecule has 0 heterocycles. The Kier molecular flexibility index (Phi) is 1.84. The van der Waals surface area contributed by atoms with Crippen LogP contribution in [0.25, 0.3) is 0 Å². The van der Waals surface area contributed by atoms with Crippen LogP contribution in [0.15, 0.2) is 12.1 Å². The van der Waals surface area contributed by atoms with E-state index in [1.54, 1.807) is 0 Å². The lowest BCUT2D eigenvalue weighted by Crippen LogP contribution is -2.43. The average Bonchev–Trinajstić information content (AvgIpc) is 2.64. The lowest BCUT2D eigenvalue weighted by molar-refractivity contribution is 0.245. The second-order valence-electron chi connectivity index (χ2n) is 4.96. The van der Waals surface area contributed by atoms with Gasteiger partial charge in [-0.25, -0.2) is 0 Å². The number of hydrogen-bond acceptors (Lipinski definition) is 2. The van der Waals surface area contributed by atoms with Gasteiger partial charge in [0.2, 0.25) is 0 Å². The Morgan fingerprint density at radius 2 is 1.93 bits per heavy atom. The maximum Gasteiger partial charge on any atom is 0.124 e. The van der Waals surface area contributed by atoms with E-state index >= 15 is 0 Å². The van der Waals surface area contributed by atoms with Crippen LogP contribution in [0.3, 0.4) is 0 Å². The first kappa shape index (κ1) is 9.22. The van der Waals surface area contributed by atoms with Crippen LogP contribution in [0.2, 0.25) is 0 Å². The van der Waals surface area contributed by atoms with E-state index < -0.39 is 0 Å². The molecule has 0 aliphatic heterocycles. The third-order valence-electron chi connectivity index (χ3n) is 4.03. The third kappa shape index (κ3) is 1.21. The highest BCUT2D eigenvalue weighted by Crippen LogP contribution is 2.45. The van der Waals surface area contributed by atoms with Crippen LogP contribution in [0, 0.1) is 0 Å². The number of aryl methyl sites for hydroxylation is 1. The van der Waals surface area contributed by atoms with Crippen LogP contribution in [0.1, 0.15) is 42.4 Å². The Morgan fingerprint density at radius 1 is 1.13 bits per heavy atom. The van der Waals surface area contributed by atoms with E-state index in [2.05, 4.69) is 6.07 Å². The van der Waals surface area contributed by atoms with Crippen molar-refractivity contribution in [3.63, 3.8) is 0 Å². The summed E-state index contributed by atoms with van der Waals surface area (Å²) >= 11 is 0. The molecule has 2 aliphatic carbocycles. The van der Waals surface area contributed by atoms with E-state index in [1.165, 1.54) is 18.4 Å². The fourth-order valence-corrected chi connectivity index (χ4v) is 2.88. The van der Waals surface area contributed by atoms with Gasteiger partial charge in [-0.3, -0.25) is 0 Å². The number of nitrogens with two attached hydrogens (primary N) is 1. The van der Waals surface area contributed by atoms with Crippen molar-refractivity contribution in [2.75, 3.05) is 0 Å². The maximum absolute atomic E-state index is 10.2. The highest BCUT2D eigenvalue weighted by Gasteiger charge is 2.37. The third-order valence-corrected chi connectivity index (χ3v) is 4.03. The number of phenolic OH excluding ortho intramolecular Hbond substituents is 1. The first-order chi connectivity index (χ1) is 7.21. The predicted octanol–water partition coefficient (Wildman–Crippen LogP) is 2.22. The van der Waals surface area contributed by atoms with Crippen molar-refractivity contribution in [2.45, 2.75) is 44.1 Å². The highest BCUT2D eigenvalue weighted by atomic mass is 16.3. The average molecular weight is 203 g/mol. The molecule has 0 bridgehead atoms. The topological polar surface area (TPSA) is 46.2 Å². The minimum atomic E-state index is -0.234. The van der Waals surface area contributed by atoms with Gasteiger partial charge >= 0.3 is 0 Å². The molecule has 3 N–H and O–H groups in total. The summed E-state index contributed by atoms with van der Waals surface area (Å²) in [6.07, 6.45) is 6.52. The van der Waals surface area contributed by atoms with Gasteiger partial charge in [0.15, 0.2) is 0 Å². The summed E-state index contributed by atoms with van der Waals surface area (Å²) in [5.41, 5.74) is 9.48.